The van der Waals surface area contributed by atoms with Crippen LogP contribution in [0.5, 0.6) is 5.75 Å². The van der Waals surface area contributed by atoms with Crippen molar-refractivity contribution in [1.29, 1.82) is 0 Å². The number of hydrogen-bond donors (Lipinski definition) is 3. The fraction of sp³-hybridized carbons (Fsp3) is 0.370. The van der Waals surface area contributed by atoms with Crippen molar-refractivity contribution in [3.63, 3.8) is 0 Å². The minimum absolute atomic E-state index is 0.0106. The molecule has 0 aliphatic heterocycles. The van der Waals surface area contributed by atoms with E-state index in [4.69, 9.17) is 20.9 Å². The van der Waals surface area contributed by atoms with E-state index >= 15 is 0 Å². The third kappa shape index (κ3) is 7.34. The second-order valence-corrected chi connectivity index (χ2v) is 8.81. The van der Waals surface area contributed by atoms with E-state index in [2.05, 4.69) is 6.92 Å². The number of nitrogens with two attached hydrogens (primary N) is 2. The summed E-state index contributed by atoms with van der Waals surface area (Å²) >= 11 is 0. The summed E-state index contributed by atoms with van der Waals surface area (Å²) in [5.74, 6) is -0.753. The first kappa shape index (κ1) is 25.8. The van der Waals surface area contributed by atoms with Crippen molar-refractivity contribution in [2.45, 2.75) is 45.4 Å². The van der Waals surface area contributed by atoms with Crippen molar-refractivity contribution in [3.05, 3.63) is 59.2 Å². The summed E-state index contributed by atoms with van der Waals surface area (Å²) in [5.41, 5.74) is 13.1. The molecule has 0 spiro atoms. The van der Waals surface area contributed by atoms with Gasteiger partial charge in [-0.25, -0.2) is 9.59 Å². The number of esters is 2. The monoisotopic (exact) mass is 480 g/mol. The molecule has 2 aromatic rings. The zero-order valence-corrected chi connectivity index (χ0v) is 19.9. The molecule has 1 aliphatic carbocycles. The number of carboxylic acid groups (broad SMARTS) is 1. The van der Waals surface area contributed by atoms with Gasteiger partial charge in [0.05, 0.1) is 18.1 Å². The predicted molar refractivity (Wildman–Crippen MR) is 134 cm³/mol. The van der Waals surface area contributed by atoms with Gasteiger partial charge in [0.25, 0.3) is 0 Å². The molecule has 1 fully saturated rings. The highest BCUT2D eigenvalue weighted by molar-refractivity contribution is 5.92. The molecular formula is C27H32N2O6. The summed E-state index contributed by atoms with van der Waals surface area (Å²) in [6.45, 7) is 2.15. The first-order chi connectivity index (χ1) is 16.8. The fourth-order valence-electron chi connectivity index (χ4n) is 4.31. The summed E-state index contributed by atoms with van der Waals surface area (Å²) in [6, 6.07) is 9.67. The minimum Gasteiger partial charge on any atom is -0.478 e. The van der Waals surface area contributed by atoms with E-state index in [1.54, 1.807) is 30.3 Å². The molecule has 1 aliphatic rings. The fourth-order valence-corrected chi connectivity index (χ4v) is 4.31. The maximum atomic E-state index is 12.4. The molecule has 186 valence electrons. The topological polar surface area (TPSA) is 142 Å². The second-order valence-electron chi connectivity index (χ2n) is 8.81. The molecule has 3 rings (SSSR count). The van der Waals surface area contributed by atoms with E-state index in [1.165, 1.54) is 18.2 Å². The van der Waals surface area contributed by atoms with Gasteiger partial charge in [-0.2, -0.15) is 0 Å². The smallest absolute Gasteiger partial charge is 0.336 e. The molecule has 0 radical (unpaired) electrons. The van der Waals surface area contributed by atoms with Gasteiger partial charge in [0.15, 0.2) is 0 Å². The number of rotatable bonds is 9. The van der Waals surface area contributed by atoms with Crippen LogP contribution >= 0.6 is 0 Å². The third-order valence-corrected chi connectivity index (χ3v) is 6.40. The van der Waals surface area contributed by atoms with Crippen molar-refractivity contribution in [1.82, 2.24) is 0 Å². The Morgan fingerprint density at radius 3 is 2.37 bits per heavy atom. The maximum Gasteiger partial charge on any atom is 0.336 e. The lowest BCUT2D eigenvalue weighted by Crippen LogP contribution is -2.25. The van der Waals surface area contributed by atoms with Crippen molar-refractivity contribution in [3.8, 4) is 5.75 Å². The summed E-state index contributed by atoms with van der Waals surface area (Å²) < 4.78 is 10.7. The number of aromatic carboxylic acids is 1. The highest BCUT2D eigenvalue weighted by Gasteiger charge is 2.27. The molecule has 0 heterocycles. The minimum atomic E-state index is -1.15. The Hall–Kier alpha value is -3.81. The largest absolute Gasteiger partial charge is 0.478 e. The number of ether oxygens (including phenoxy) is 2. The summed E-state index contributed by atoms with van der Waals surface area (Å²) in [4.78, 5) is 35.9. The van der Waals surface area contributed by atoms with Crippen molar-refractivity contribution < 1.29 is 29.0 Å². The van der Waals surface area contributed by atoms with Gasteiger partial charge >= 0.3 is 17.9 Å². The maximum absolute atomic E-state index is 12.4. The van der Waals surface area contributed by atoms with Crippen LogP contribution in [0.2, 0.25) is 0 Å². The molecule has 0 aromatic heterocycles. The van der Waals surface area contributed by atoms with Crippen LogP contribution in [-0.4, -0.2) is 29.6 Å². The van der Waals surface area contributed by atoms with Gasteiger partial charge in [-0.1, -0.05) is 25.5 Å². The molecule has 0 atom stereocenters. The van der Waals surface area contributed by atoms with Crippen LogP contribution in [0.3, 0.4) is 0 Å². The molecule has 1 saturated carbocycles. The van der Waals surface area contributed by atoms with Crippen LogP contribution in [0.25, 0.3) is 6.08 Å². The molecule has 0 saturated heterocycles. The lowest BCUT2D eigenvalue weighted by molar-refractivity contribution is -0.140. The lowest BCUT2D eigenvalue weighted by Gasteiger charge is -2.26. The third-order valence-electron chi connectivity index (χ3n) is 6.40. The number of anilines is 2. The first-order valence-electron chi connectivity index (χ1n) is 11.8. The summed E-state index contributed by atoms with van der Waals surface area (Å²) in [5, 5.41) is 9.33. The molecule has 0 bridgehead atoms. The molecule has 5 N–H and O–H groups in total. The molecule has 35 heavy (non-hydrogen) atoms. The Labute approximate surface area is 204 Å². The number of carboxylic acids is 1. The Balaban J connectivity index is 1.47. The number of carbonyl (C=O) groups excluding carboxylic acids is 2. The lowest BCUT2D eigenvalue weighted by atomic mass is 9.81. The molecule has 0 amide bonds. The van der Waals surface area contributed by atoms with Crippen LogP contribution in [0.15, 0.2) is 42.5 Å². The Kier molecular flexibility index (Phi) is 8.89. The van der Waals surface area contributed by atoms with Gasteiger partial charge in [-0.15, -0.1) is 0 Å². The van der Waals surface area contributed by atoms with Crippen molar-refractivity contribution in [2.24, 2.45) is 11.8 Å². The normalized spacial score (nSPS) is 17.7. The van der Waals surface area contributed by atoms with E-state index in [0.29, 0.717) is 11.3 Å². The molecule has 2 aromatic carbocycles. The Morgan fingerprint density at radius 1 is 1.06 bits per heavy atom. The zero-order valence-electron chi connectivity index (χ0n) is 19.9. The van der Waals surface area contributed by atoms with Gasteiger partial charge in [0.2, 0.25) is 0 Å². The average Bonchev–Trinajstić information content (AvgIpc) is 2.84. The van der Waals surface area contributed by atoms with Gasteiger partial charge in [0.1, 0.15) is 5.75 Å². The second kappa shape index (κ2) is 12.1. The number of hydrogen-bond acceptors (Lipinski definition) is 7. The van der Waals surface area contributed by atoms with Gasteiger partial charge in [-0.05, 0) is 73.1 Å². The predicted octanol–water partition coefficient (Wildman–Crippen LogP) is 4.47. The quantitative estimate of drug-likeness (QED) is 0.206. The zero-order chi connectivity index (χ0) is 25.4. The van der Waals surface area contributed by atoms with Crippen LogP contribution in [0, 0.1) is 11.8 Å². The molecule has 8 heteroatoms. The standard InChI is InChI=1S/C27H32N2O6/c1-2-17-3-8-19(9-4-17)27(33)35-21-10-5-18(6-11-21)7-12-25(30)34-14-13-22-23(26(31)32)15-20(28)16-24(22)29/h5-7,10-12,15-17,19H,2-4,8-9,13-14,28-29H2,1H3,(H,31,32). The van der Waals surface area contributed by atoms with Crippen LogP contribution in [-0.2, 0) is 20.7 Å². The molecule has 8 nitrogen and oxygen atoms in total. The molecule has 0 unspecified atom stereocenters. The van der Waals surface area contributed by atoms with Crippen molar-refractivity contribution in [2.75, 3.05) is 18.1 Å². The highest BCUT2D eigenvalue weighted by Crippen LogP contribution is 2.31. The van der Waals surface area contributed by atoms with Gasteiger partial charge < -0.3 is 26.0 Å². The van der Waals surface area contributed by atoms with Gasteiger partial charge in [-0.3, -0.25) is 4.79 Å². The SMILES string of the molecule is CCC1CCC(C(=O)Oc2ccc(C=CC(=O)OCCc3c(N)cc(N)cc3C(=O)O)cc2)CC1. The van der Waals surface area contributed by atoms with E-state index in [1.807, 2.05) is 0 Å². The van der Waals surface area contributed by atoms with Gasteiger partial charge in [0, 0.05) is 23.9 Å². The van der Waals surface area contributed by atoms with E-state index in [-0.39, 0.29) is 41.9 Å². The average molecular weight is 481 g/mol. The van der Waals surface area contributed by atoms with Crippen LogP contribution in [0.1, 0.15) is 60.5 Å². The Morgan fingerprint density at radius 2 is 1.74 bits per heavy atom. The first-order valence-corrected chi connectivity index (χ1v) is 11.8. The number of benzene rings is 2. The van der Waals surface area contributed by atoms with E-state index < -0.39 is 11.9 Å². The van der Waals surface area contributed by atoms with Crippen LogP contribution in [0.4, 0.5) is 11.4 Å². The summed E-state index contributed by atoms with van der Waals surface area (Å²) in [7, 11) is 0. The highest BCUT2D eigenvalue weighted by atomic mass is 16.5. The number of carbonyl (C=O) groups is 3. The molecular weight excluding hydrogens is 448 g/mol. The van der Waals surface area contributed by atoms with Crippen LogP contribution < -0.4 is 16.2 Å². The van der Waals surface area contributed by atoms with E-state index in [0.717, 1.165) is 43.6 Å². The Bertz CT molecular complexity index is 1090. The van der Waals surface area contributed by atoms with E-state index in [9.17, 15) is 19.5 Å². The van der Waals surface area contributed by atoms with Crippen molar-refractivity contribution >= 4 is 35.4 Å². The summed E-state index contributed by atoms with van der Waals surface area (Å²) in [6.07, 6.45) is 8.07. The number of nitrogen functional groups attached to an aromatic ring is 2.